The third-order valence-corrected chi connectivity index (χ3v) is 4.65. The zero-order valence-corrected chi connectivity index (χ0v) is 14.3. The Morgan fingerprint density at radius 3 is 2.72 bits per heavy atom. The minimum absolute atomic E-state index is 0.0530. The summed E-state index contributed by atoms with van der Waals surface area (Å²) >= 11 is 5.86. The topological polar surface area (TPSA) is 92.4 Å². The van der Waals surface area contributed by atoms with Gasteiger partial charge in [-0.2, -0.15) is 0 Å². The van der Waals surface area contributed by atoms with Crippen LogP contribution in [-0.4, -0.2) is 28.0 Å². The van der Waals surface area contributed by atoms with Crippen molar-refractivity contribution in [3.8, 4) is 11.3 Å². The maximum atomic E-state index is 12.0. The lowest BCUT2D eigenvalue weighted by molar-refractivity contribution is -0.141. The van der Waals surface area contributed by atoms with E-state index in [1.807, 2.05) is 12.1 Å². The Kier molecular flexibility index (Phi) is 5.38. The Labute approximate surface area is 150 Å². The molecule has 7 heteroatoms. The predicted octanol–water partition coefficient (Wildman–Crippen LogP) is 3.30. The van der Waals surface area contributed by atoms with Crippen molar-refractivity contribution in [2.24, 2.45) is 5.92 Å². The van der Waals surface area contributed by atoms with Crippen molar-refractivity contribution >= 4 is 23.5 Å². The summed E-state index contributed by atoms with van der Waals surface area (Å²) < 4.78 is 5.67. The van der Waals surface area contributed by atoms with Gasteiger partial charge in [0.15, 0.2) is 11.7 Å². The number of carboxylic acids is 1. The van der Waals surface area contributed by atoms with Crippen LogP contribution in [0.4, 0.5) is 0 Å². The largest absolute Gasteiger partial charge is 0.481 e. The summed E-state index contributed by atoms with van der Waals surface area (Å²) in [7, 11) is 0. The summed E-state index contributed by atoms with van der Waals surface area (Å²) in [4.78, 5) is 27.2. The van der Waals surface area contributed by atoms with Crippen LogP contribution in [0.2, 0.25) is 5.02 Å². The molecule has 2 N–H and O–H groups in total. The number of amides is 1. The lowest BCUT2D eigenvalue weighted by Crippen LogP contribution is -2.33. The van der Waals surface area contributed by atoms with Gasteiger partial charge in [0.2, 0.25) is 5.91 Å². The third-order valence-electron chi connectivity index (χ3n) is 4.40. The van der Waals surface area contributed by atoms with Gasteiger partial charge in [-0.25, -0.2) is 4.98 Å². The molecule has 0 unspecified atom stereocenters. The highest BCUT2D eigenvalue weighted by molar-refractivity contribution is 6.30. The molecule has 0 radical (unpaired) electrons. The average molecular weight is 363 g/mol. The first-order chi connectivity index (χ1) is 12.0. The van der Waals surface area contributed by atoms with E-state index < -0.39 is 5.97 Å². The highest BCUT2D eigenvalue weighted by Crippen LogP contribution is 2.26. The number of hydrogen-bond acceptors (Lipinski definition) is 4. The molecule has 1 amide bonds. The van der Waals surface area contributed by atoms with Gasteiger partial charge in [0, 0.05) is 29.5 Å². The molecule has 132 valence electrons. The highest BCUT2D eigenvalue weighted by atomic mass is 35.5. The van der Waals surface area contributed by atoms with Crippen LogP contribution in [0.1, 0.15) is 31.6 Å². The first kappa shape index (κ1) is 17.5. The standard InChI is InChI=1S/C18H19ClN2O4/c19-13-4-1-11(2-5-13)15-10-20-17(25-15)8-7-16(22)21-14-6-3-12(9-14)18(23)24/h1-2,4-5,10,12,14H,3,6-9H2,(H,21,22)(H,23,24)/t12-,14+/m0/s1. The Morgan fingerprint density at radius 2 is 2.04 bits per heavy atom. The fourth-order valence-corrected chi connectivity index (χ4v) is 3.16. The van der Waals surface area contributed by atoms with Crippen molar-refractivity contribution in [1.82, 2.24) is 10.3 Å². The second-order valence-electron chi connectivity index (χ2n) is 6.24. The van der Waals surface area contributed by atoms with Gasteiger partial charge < -0.3 is 14.8 Å². The van der Waals surface area contributed by atoms with E-state index in [9.17, 15) is 9.59 Å². The van der Waals surface area contributed by atoms with Gasteiger partial charge in [0.05, 0.1) is 12.1 Å². The van der Waals surface area contributed by atoms with Gasteiger partial charge in [-0.05, 0) is 43.5 Å². The molecule has 0 saturated heterocycles. The zero-order chi connectivity index (χ0) is 17.8. The van der Waals surface area contributed by atoms with E-state index in [0.717, 1.165) is 5.56 Å². The zero-order valence-electron chi connectivity index (χ0n) is 13.6. The molecule has 1 aliphatic rings. The molecule has 1 fully saturated rings. The molecule has 0 aliphatic heterocycles. The molecule has 1 aliphatic carbocycles. The molecule has 1 heterocycles. The molecule has 2 atom stereocenters. The summed E-state index contributed by atoms with van der Waals surface area (Å²) in [5.74, 6) is -0.116. The maximum Gasteiger partial charge on any atom is 0.306 e. The first-order valence-electron chi connectivity index (χ1n) is 8.24. The van der Waals surface area contributed by atoms with E-state index in [1.165, 1.54) is 0 Å². The average Bonchev–Trinajstić information content (AvgIpc) is 3.23. The number of carbonyl (C=O) groups excluding carboxylic acids is 1. The van der Waals surface area contributed by atoms with E-state index in [2.05, 4.69) is 10.3 Å². The molecule has 25 heavy (non-hydrogen) atoms. The van der Waals surface area contributed by atoms with E-state index in [1.54, 1.807) is 18.3 Å². The SMILES string of the molecule is O=C(CCc1ncc(-c2ccc(Cl)cc2)o1)N[C@@H]1CC[C@H](C(=O)O)C1. The highest BCUT2D eigenvalue weighted by Gasteiger charge is 2.30. The van der Waals surface area contributed by atoms with Gasteiger partial charge in [0.25, 0.3) is 0 Å². The predicted molar refractivity (Wildman–Crippen MR) is 92.2 cm³/mol. The van der Waals surface area contributed by atoms with Gasteiger partial charge in [0.1, 0.15) is 0 Å². The van der Waals surface area contributed by atoms with Crippen molar-refractivity contribution in [3.63, 3.8) is 0 Å². The van der Waals surface area contributed by atoms with Crippen LogP contribution < -0.4 is 5.32 Å². The molecule has 2 aromatic rings. The van der Waals surface area contributed by atoms with Crippen LogP contribution >= 0.6 is 11.6 Å². The number of rotatable bonds is 6. The molecular formula is C18H19ClN2O4. The van der Waals surface area contributed by atoms with Crippen molar-refractivity contribution in [3.05, 3.63) is 41.4 Å². The van der Waals surface area contributed by atoms with E-state index in [-0.39, 0.29) is 24.3 Å². The number of aliphatic carboxylic acids is 1. The number of aromatic nitrogens is 1. The Morgan fingerprint density at radius 1 is 1.28 bits per heavy atom. The second-order valence-corrected chi connectivity index (χ2v) is 6.67. The van der Waals surface area contributed by atoms with Crippen LogP contribution in [0, 0.1) is 5.92 Å². The fourth-order valence-electron chi connectivity index (χ4n) is 3.03. The molecule has 0 bridgehead atoms. The van der Waals surface area contributed by atoms with Gasteiger partial charge in [-0.3, -0.25) is 9.59 Å². The molecule has 3 rings (SSSR count). The van der Waals surface area contributed by atoms with Crippen LogP contribution in [-0.2, 0) is 16.0 Å². The molecular weight excluding hydrogens is 344 g/mol. The number of halogens is 1. The van der Waals surface area contributed by atoms with Gasteiger partial charge >= 0.3 is 5.97 Å². The number of aryl methyl sites for hydroxylation is 1. The first-order valence-corrected chi connectivity index (χ1v) is 8.62. The quantitative estimate of drug-likeness (QED) is 0.822. The summed E-state index contributed by atoms with van der Waals surface area (Å²) in [6.45, 7) is 0. The van der Waals surface area contributed by atoms with E-state index in [0.29, 0.717) is 42.4 Å². The third kappa shape index (κ3) is 4.60. The normalized spacial score (nSPS) is 19.7. The van der Waals surface area contributed by atoms with Crippen LogP contribution in [0.3, 0.4) is 0 Å². The van der Waals surface area contributed by atoms with Crippen LogP contribution in [0.15, 0.2) is 34.9 Å². The number of oxazole rings is 1. The van der Waals surface area contributed by atoms with Crippen LogP contribution in [0.5, 0.6) is 0 Å². The number of carboxylic acid groups (broad SMARTS) is 1. The second kappa shape index (κ2) is 7.70. The number of nitrogens with one attached hydrogen (secondary N) is 1. The van der Waals surface area contributed by atoms with E-state index in [4.69, 9.17) is 21.1 Å². The maximum absolute atomic E-state index is 12.0. The molecule has 1 aromatic carbocycles. The summed E-state index contributed by atoms with van der Waals surface area (Å²) in [5.41, 5.74) is 0.873. The Balaban J connectivity index is 1.48. The number of carbonyl (C=O) groups is 2. The number of hydrogen-bond donors (Lipinski definition) is 2. The minimum atomic E-state index is -0.786. The van der Waals surface area contributed by atoms with Gasteiger partial charge in [-0.1, -0.05) is 11.6 Å². The molecule has 6 nitrogen and oxygen atoms in total. The Bertz CT molecular complexity index is 757. The summed E-state index contributed by atoms with van der Waals surface area (Å²) in [6.07, 6.45) is 4.11. The smallest absolute Gasteiger partial charge is 0.306 e. The number of nitrogens with zero attached hydrogens (tertiary/aromatic N) is 1. The lowest BCUT2D eigenvalue weighted by atomic mass is 10.1. The Hall–Kier alpha value is -2.34. The monoisotopic (exact) mass is 362 g/mol. The summed E-state index contributed by atoms with van der Waals surface area (Å²) in [6, 6.07) is 7.19. The van der Waals surface area contributed by atoms with Crippen molar-refractivity contribution in [1.29, 1.82) is 0 Å². The summed E-state index contributed by atoms with van der Waals surface area (Å²) in [5, 5.41) is 12.5. The van der Waals surface area contributed by atoms with Gasteiger partial charge in [-0.15, -0.1) is 0 Å². The van der Waals surface area contributed by atoms with Crippen LogP contribution in [0.25, 0.3) is 11.3 Å². The van der Waals surface area contributed by atoms with E-state index >= 15 is 0 Å². The molecule has 1 aromatic heterocycles. The fraction of sp³-hybridized carbons (Fsp3) is 0.389. The van der Waals surface area contributed by atoms with Crippen molar-refractivity contribution in [2.45, 2.75) is 38.1 Å². The van der Waals surface area contributed by atoms with Crippen molar-refractivity contribution < 1.29 is 19.1 Å². The lowest BCUT2D eigenvalue weighted by Gasteiger charge is -2.11. The molecule has 1 saturated carbocycles. The minimum Gasteiger partial charge on any atom is -0.481 e. The van der Waals surface area contributed by atoms with Crippen molar-refractivity contribution in [2.75, 3.05) is 0 Å². The number of benzene rings is 1. The molecule has 0 spiro atoms.